The zero-order chi connectivity index (χ0) is 18.9. The minimum Gasteiger partial charge on any atom is -0.480 e. The Labute approximate surface area is 155 Å². The summed E-state index contributed by atoms with van der Waals surface area (Å²) in [6.45, 7) is 0.420. The molecule has 26 heavy (non-hydrogen) atoms. The van der Waals surface area contributed by atoms with Crippen molar-refractivity contribution in [2.45, 2.75) is 57.4 Å². The van der Waals surface area contributed by atoms with E-state index in [1.165, 1.54) is 47.6 Å². The average molecular weight is 387 g/mol. The van der Waals surface area contributed by atoms with Crippen molar-refractivity contribution < 1.29 is 23.1 Å². The molecule has 1 saturated heterocycles. The van der Waals surface area contributed by atoms with Gasteiger partial charge in [-0.15, -0.1) is 0 Å². The second-order valence-electron chi connectivity index (χ2n) is 8.16. The normalized spacial score (nSPS) is 28.7. The van der Waals surface area contributed by atoms with Crippen LogP contribution in [0, 0.1) is 17.8 Å². The summed E-state index contributed by atoms with van der Waals surface area (Å²) >= 11 is 0. The third-order valence-corrected chi connectivity index (χ3v) is 7.64. The molecule has 7 nitrogen and oxygen atoms in total. The fraction of sp³-hybridized carbons (Fsp3) is 0.889. The second kappa shape index (κ2) is 7.84. The van der Waals surface area contributed by atoms with Crippen LogP contribution in [0.2, 0.25) is 0 Å². The number of carboxylic acids is 1. The highest BCUT2D eigenvalue weighted by molar-refractivity contribution is 7.88. The Morgan fingerprint density at radius 2 is 1.69 bits per heavy atom. The monoisotopic (exact) mass is 386 g/mol. The molecular weight excluding hydrogens is 356 g/mol. The Bertz CT molecular complexity index is 636. The first-order valence-corrected chi connectivity index (χ1v) is 11.6. The molecule has 0 radical (unpaired) electrons. The number of rotatable bonds is 6. The fourth-order valence-electron chi connectivity index (χ4n) is 4.81. The van der Waals surface area contributed by atoms with E-state index in [1.54, 1.807) is 0 Å². The molecule has 1 aliphatic heterocycles. The number of amides is 1. The molecule has 3 rings (SSSR count). The van der Waals surface area contributed by atoms with Gasteiger partial charge in [0, 0.05) is 25.0 Å². The molecule has 148 valence electrons. The zero-order valence-corrected chi connectivity index (χ0v) is 16.3. The maximum Gasteiger partial charge on any atom is 0.323 e. The Morgan fingerprint density at radius 3 is 2.23 bits per heavy atom. The molecule has 3 aliphatic rings. The summed E-state index contributed by atoms with van der Waals surface area (Å²) in [6.07, 6.45) is 9.25. The second-order valence-corrected chi connectivity index (χ2v) is 10.1. The van der Waals surface area contributed by atoms with Gasteiger partial charge in [-0.2, -0.15) is 0 Å². The van der Waals surface area contributed by atoms with Gasteiger partial charge in [-0.3, -0.25) is 9.59 Å². The van der Waals surface area contributed by atoms with Gasteiger partial charge in [-0.05, 0) is 31.1 Å². The van der Waals surface area contributed by atoms with E-state index in [2.05, 4.69) is 0 Å². The molecular formula is C18H30N2O5S. The molecule has 2 saturated carbocycles. The predicted octanol–water partition coefficient (Wildman–Crippen LogP) is 1.54. The highest BCUT2D eigenvalue weighted by Crippen LogP contribution is 2.50. The Kier molecular flexibility index (Phi) is 5.91. The Morgan fingerprint density at radius 1 is 1.08 bits per heavy atom. The van der Waals surface area contributed by atoms with E-state index >= 15 is 0 Å². The lowest BCUT2D eigenvalue weighted by atomic mass is 9.85. The summed E-state index contributed by atoms with van der Waals surface area (Å²) < 4.78 is 24.7. The molecule has 2 unspecified atom stereocenters. The van der Waals surface area contributed by atoms with Crippen LogP contribution in [0.25, 0.3) is 0 Å². The van der Waals surface area contributed by atoms with Crippen LogP contribution in [0.5, 0.6) is 0 Å². The SMILES string of the molecule is CS(=O)(=O)N1CCC(N(CC(=O)O)C(=O)C2CC2C2CCCCC2)CC1. The van der Waals surface area contributed by atoms with Gasteiger partial charge in [0.15, 0.2) is 0 Å². The number of carbonyl (C=O) groups excluding carboxylic acids is 1. The Balaban J connectivity index is 1.61. The van der Waals surface area contributed by atoms with Crippen molar-refractivity contribution in [1.29, 1.82) is 0 Å². The molecule has 1 heterocycles. The van der Waals surface area contributed by atoms with Gasteiger partial charge < -0.3 is 10.0 Å². The number of nitrogens with zero attached hydrogens (tertiary/aromatic N) is 2. The van der Waals surface area contributed by atoms with Gasteiger partial charge in [-0.1, -0.05) is 32.1 Å². The van der Waals surface area contributed by atoms with E-state index in [0.717, 1.165) is 6.42 Å². The maximum absolute atomic E-state index is 13.0. The number of hydrogen-bond donors (Lipinski definition) is 1. The minimum atomic E-state index is -3.23. The third kappa shape index (κ3) is 4.57. The third-order valence-electron chi connectivity index (χ3n) is 6.33. The molecule has 8 heteroatoms. The molecule has 0 aromatic carbocycles. The molecule has 1 amide bonds. The molecule has 3 fully saturated rings. The van der Waals surface area contributed by atoms with Crippen LogP contribution in [0.3, 0.4) is 0 Å². The van der Waals surface area contributed by atoms with Crippen LogP contribution >= 0.6 is 0 Å². The average Bonchev–Trinajstić information content (AvgIpc) is 3.40. The lowest BCUT2D eigenvalue weighted by Crippen LogP contribution is -2.50. The van der Waals surface area contributed by atoms with E-state index < -0.39 is 16.0 Å². The van der Waals surface area contributed by atoms with Gasteiger partial charge in [0.25, 0.3) is 0 Å². The lowest BCUT2D eigenvalue weighted by Gasteiger charge is -2.37. The van der Waals surface area contributed by atoms with Crippen LogP contribution < -0.4 is 0 Å². The number of carbonyl (C=O) groups is 2. The topological polar surface area (TPSA) is 95.0 Å². The summed E-state index contributed by atoms with van der Waals surface area (Å²) in [4.78, 5) is 25.8. The van der Waals surface area contributed by atoms with Crippen molar-refractivity contribution in [3.05, 3.63) is 0 Å². The number of hydrogen-bond acceptors (Lipinski definition) is 4. The van der Waals surface area contributed by atoms with Gasteiger partial charge in [-0.25, -0.2) is 12.7 Å². The highest BCUT2D eigenvalue weighted by atomic mass is 32.2. The van der Waals surface area contributed by atoms with Crippen molar-refractivity contribution in [2.75, 3.05) is 25.9 Å². The first-order chi connectivity index (χ1) is 12.3. The summed E-state index contributed by atoms with van der Waals surface area (Å²) in [5.74, 6) is -0.00316. The van der Waals surface area contributed by atoms with Crippen LogP contribution in [0.15, 0.2) is 0 Å². The van der Waals surface area contributed by atoms with Gasteiger partial charge in [0.05, 0.1) is 6.26 Å². The minimum absolute atomic E-state index is 0.0228. The first kappa shape index (κ1) is 19.6. The van der Waals surface area contributed by atoms with E-state index in [4.69, 9.17) is 0 Å². The largest absolute Gasteiger partial charge is 0.480 e. The first-order valence-electron chi connectivity index (χ1n) is 9.74. The summed E-state index contributed by atoms with van der Waals surface area (Å²) in [7, 11) is -3.23. The summed E-state index contributed by atoms with van der Waals surface area (Å²) in [6, 6.07) is -0.177. The van der Waals surface area contributed by atoms with Gasteiger partial charge >= 0.3 is 5.97 Å². The van der Waals surface area contributed by atoms with E-state index in [-0.39, 0.29) is 24.4 Å². The summed E-state index contributed by atoms with van der Waals surface area (Å²) in [5, 5.41) is 9.26. The van der Waals surface area contributed by atoms with E-state index in [1.807, 2.05) is 0 Å². The van der Waals surface area contributed by atoms with E-state index in [0.29, 0.717) is 37.8 Å². The number of carboxylic acid groups (broad SMARTS) is 1. The van der Waals surface area contributed by atoms with E-state index in [9.17, 15) is 23.1 Å². The highest BCUT2D eigenvalue weighted by Gasteiger charge is 2.50. The number of piperidine rings is 1. The van der Waals surface area contributed by atoms with Crippen LogP contribution in [0.4, 0.5) is 0 Å². The van der Waals surface area contributed by atoms with Crippen molar-refractivity contribution in [2.24, 2.45) is 17.8 Å². The summed E-state index contributed by atoms with van der Waals surface area (Å²) in [5.41, 5.74) is 0. The maximum atomic E-state index is 13.0. The van der Waals surface area contributed by atoms with Crippen LogP contribution in [-0.4, -0.2) is 66.5 Å². The van der Waals surface area contributed by atoms with Crippen molar-refractivity contribution >= 4 is 21.9 Å². The van der Waals surface area contributed by atoms with Crippen molar-refractivity contribution in [3.8, 4) is 0 Å². The van der Waals surface area contributed by atoms with Crippen LogP contribution in [0.1, 0.15) is 51.4 Å². The molecule has 0 bridgehead atoms. The smallest absolute Gasteiger partial charge is 0.323 e. The van der Waals surface area contributed by atoms with Crippen molar-refractivity contribution in [3.63, 3.8) is 0 Å². The molecule has 0 aromatic rings. The molecule has 0 aromatic heterocycles. The fourth-order valence-corrected chi connectivity index (χ4v) is 5.69. The van der Waals surface area contributed by atoms with Gasteiger partial charge in [0.2, 0.25) is 15.9 Å². The quantitative estimate of drug-likeness (QED) is 0.747. The van der Waals surface area contributed by atoms with Gasteiger partial charge in [0.1, 0.15) is 6.54 Å². The zero-order valence-electron chi connectivity index (χ0n) is 15.5. The molecule has 1 N–H and O–H groups in total. The molecule has 2 aliphatic carbocycles. The van der Waals surface area contributed by atoms with Crippen molar-refractivity contribution in [1.82, 2.24) is 9.21 Å². The Hall–Kier alpha value is -1.15. The lowest BCUT2D eigenvalue weighted by molar-refractivity contribution is -0.147. The van der Waals surface area contributed by atoms with Crippen LogP contribution in [-0.2, 0) is 19.6 Å². The number of sulfonamides is 1. The predicted molar refractivity (Wildman–Crippen MR) is 97.0 cm³/mol. The molecule has 2 atom stereocenters. The number of aliphatic carboxylic acids is 1. The molecule has 0 spiro atoms. The standard InChI is InChI=1S/C18H30N2O5S/c1-26(24,25)19-9-7-14(8-10-19)20(12-17(21)22)18(23)16-11-15(16)13-5-3-2-4-6-13/h13-16H,2-12H2,1H3,(H,21,22).